The molecule has 9 nitrogen and oxygen atoms in total. The van der Waals surface area contributed by atoms with Gasteiger partial charge in [-0.1, -0.05) is 17.3 Å². The zero-order chi connectivity index (χ0) is 19.8. The average molecular weight is 385 g/mol. The minimum absolute atomic E-state index is 0.524. The first-order valence-electron chi connectivity index (χ1n) is 9.28. The molecule has 0 bridgehead atoms. The fraction of sp³-hybridized carbons (Fsp3) is 0.200. The molecule has 0 radical (unpaired) electrons. The number of anilines is 1. The normalized spacial score (nSPS) is 11.4. The Kier molecular flexibility index (Phi) is 4.12. The summed E-state index contributed by atoms with van der Waals surface area (Å²) in [6, 6.07) is 10.1. The number of aryl methyl sites for hydroxylation is 2. The Morgan fingerprint density at radius 3 is 2.93 bits per heavy atom. The van der Waals surface area contributed by atoms with E-state index in [1.54, 1.807) is 21.8 Å². The highest BCUT2D eigenvalue weighted by molar-refractivity contribution is 5.79. The summed E-state index contributed by atoms with van der Waals surface area (Å²) in [5.74, 6) is 0.673. The standard InChI is InChI=1S/C20H19N9/c1-13-16(12-28(2)26-13)9-22-18-10-23-19-20(24-18)29(27-25-19)11-14-5-6-17-15(8-14)4-3-7-21-17/h3-8,10,12H,9,11H2,1-2H3,(H,22,24). The Labute approximate surface area is 166 Å². The molecular formula is C20H19N9. The molecule has 0 fully saturated rings. The fourth-order valence-corrected chi connectivity index (χ4v) is 3.35. The Morgan fingerprint density at radius 1 is 1.14 bits per heavy atom. The number of rotatable bonds is 5. The summed E-state index contributed by atoms with van der Waals surface area (Å²) in [6.07, 6.45) is 5.47. The number of benzene rings is 1. The van der Waals surface area contributed by atoms with Crippen LogP contribution in [0.25, 0.3) is 22.2 Å². The maximum atomic E-state index is 4.67. The van der Waals surface area contributed by atoms with Crippen LogP contribution in [-0.2, 0) is 20.1 Å². The van der Waals surface area contributed by atoms with Gasteiger partial charge in [0.15, 0.2) is 5.65 Å². The minimum atomic E-state index is 0.524. The van der Waals surface area contributed by atoms with E-state index in [2.05, 4.69) is 41.7 Å². The van der Waals surface area contributed by atoms with Crippen molar-refractivity contribution in [2.75, 3.05) is 5.32 Å². The van der Waals surface area contributed by atoms with E-state index in [4.69, 9.17) is 0 Å². The van der Waals surface area contributed by atoms with Gasteiger partial charge in [0.1, 0.15) is 5.82 Å². The highest BCUT2D eigenvalue weighted by atomic mass is 15.5. The number of nitrogens with one attached hydrogen (secondary N) is 1. The lowest BCUT2D eigenvalue weighted by Crippen LogP contribution is -2.06. The van der Waals surface area contributed by atoms with E-state index in [9.17, 15) is 0 Å². The van der Waals surface area contributed by atoms with Crippen molar-refractivity contribution < 1.29 is 0 Å². The molecule has 0 amide bonds. The summed E-state index contributed by atoms with van der Waals surface area (Å²) in [5.41, 5.74) is 5.34. The number of aromatic nitrogens is 8. The Hall–Kier alpha value is -3.88. The van der Waals surface area contributed by atoms with Crippen LogP contribution in [0.2, 0.25) is 0 Å². The molecule has 0 saturated carbocycles. The number of hydrogen-bond donors (Lipinski definition) is 1. The summed E-state index contributed by atoms with van der Waals surface area (Å²) in [7, 11) is 1.91. The van der Waals surface area contributed by atoms with Crippen LogP contribution >= 0.6 is 0 Å². The van der Waals surface area contributed by atoms with Crippen LogP contribution in [-0.4, -0.2) is 39.7 Å². The molecule has 9 heteroatoms. The second-order valence-electron chi connectivity index (χ2n) is 6.95. The van der Waals surface area contributed by atoms with Gasteiger partial charge in [-0.25, -0.2) is 14.6 Å². The van der Waals surface area contributed by atoms with E-state index in [-0.39, 0.29) is 0 Å². The molecule has 29 heavy (non-hydrogen) atoms. The lowest BCUT2D eigenvalue weighted by molar-refractivity contribution is 0.664. The molecule has 0 unspecified atom stereocenters. The second-order valence-corrected chi connectivity index (χ2v) is 6.95. The number of pyridine rings is 1. The van der Waals surface area contributed by atoms with Crippen LogP contribution in [0.15, 0.2) is 48.9 Å². The van der Waals surface area contributed by atoms with Gasteiger partial charge < -0.3 is 5.32 Å². The van der Waals surface area contributed by atoms with Crippen molar-refractivity contribution in [2.45, 2.75) is 20.0 Å². The number of hydrogen-bond acceptors (Lipinski definition) is 7. The van der Waals surface area contributed by atoms with E-state index < -0.39 is 0 Å². The molecule has 4 heterocycles. The van der Waals surface area contributed by atoms with E-state index in [0.717, 1.165) is 27.7 Å². The Balaban J connectivity index is 1.40. The lowest BCUT2D eigenvalue weighted by atomic mass is 10.1. The molecule has 0 aliphatic carbocycles. The molecule has 0 saturated heterocycles. The monoisotopic (exact) mass is 385 g/mol. The summed E-state index contributed by atoms with van der Waals surface area (Å²) in [6.45, 7) is 3.17. The van der Waals surface area contributed by atoms with Crippen molar-refractivity contribution in [3.8, 4) is 0 Å². The third-order valence-electron chi connectivity index (χ3n) is 4.80. The topological polar surface area (TPSA) is 99.2 Å². The molecule has 0 atom stereocenters. The van der Waals surface area contributed by atoms with Gasteiger partial charge in [0.25, 0.3) is 0 Å². The molecule has 0 aliphatic heterocycles. The predicted molar refractivity (Wildman–Crippen MR) is 109 cm³/mol. The van der Waals surface area contributed by atoms with Crippen molar-refractivity contribution >= 4 is 28.0 Å². The van der Waals surface area contributed by atoms with Gasteiger partial charge in [-0.05, 0) is 30.7 Å². The predicted octanol–water partition coefficient (Wildman–Crippen LogP) is 2.47. The number of fused-ring (bicyclic) bond motifs is 2. The number of nitrogens with zero attached hydrogens (tertiary/aromatic N) is 8. The Bertz CT molecular complexity index is 1320. The third kappa shape index (κ3) is 3.38. The summed E-state index contributed by atoms with van der Waals surface area (Å²) in [5, 5.41) is 17.1. The third-order valence-corrected chi connectivity index (χ3v) is 4.80. The van der Waals surface area contributed by atoms with Gasteiger partial charge in [-0.2, -0.15) is 5.10 Å². The summed E-state index contributed by atoms with van der Waals surface area (Å²) in [4.78, 5) is 13.4. The van der Waals surface area contributed by atoms with Crippen molar-refractivity contribution in [2.24, 2.45) is 7.05 Å². The molecule has 0 spiro atoms. The maximum absolute atomic E-state index is 4.67. The summed E-state index contributed by atoms with van der Waals surface area (Å²) < 4.78 is 3.57. The van der Waals surface area contributed by atoms with Crippen LogP contribution in [0.3, 0.4) is 0 Å². The van der Waals surface area contributed by atoms with Gasteiger partial charge in [-0.15, -0.1) is 5.10 Å². The van der Waals surface area contributed by atoms with Crippen molar-refractivity contribution in [1.82, 2.24) is 39.7 Å². The first-order valence-corrected chi connectivity index (χ1v) is 9.28. The van der Waals surface area contributed by atoms with Crippen LogP contribution < -0.4 is 5.32 Å². The fourth-order valence-electron chi connectivity index (χ4n) is 3.35. The van der Waals surface area contributed by atoms with Gasteiger partial charge in [-0.3, -0.25) is 9.67 Å². The quantitative estimate of drug-likeness (QED) is 0.496. The van der Waals surface area contributed by atoms with Crippen LogP contribution in [0.1, 0.15) is 16.8 Å². The Morgan fingerprint density at radius 2 is 2.07 bits per heavy atom. The highest BCUT2D eigenvalue weighted by Crippen LogP contribution is 2.17. The SMILES string of the molecule is Cc1nn(C)cc1CNc1cnc2nnn(Cc3ccc4ncccc4c3)c2n1. The van der Waals surface area contributed by atoms with Gasteiger partial charge in [0.2, 0.25) is 5.65 Å². The van der Waals surface area contributed by atoms with Gasteiger partial charge >= 0.3 is 0 Å². The lowest BCUT2D eigenvalue weighted by Gasteiger charge is -2.06. The van der Waals surface area contributed by atoms with E-state index in [0.29, 0.717) is 30.2 Å². The molecule has 1 N–H and O–H groups in total. The van der Waals surface area contributed by atoms with E-state index in [1.165, 1.54) is 0 Å². The molecule has 0 aliphatic rings. The van der Waals surface area contributed by atoms with Crippen LogP contribution in [0.5, 0.6) is 0 Å². The zero-order valence-electron chi connectivity index (χ0n) is 16.1. The minimum Gasteiger partial charge on any atom is -0.365 e. The van der Waals surface area contributed by atoms with Crippen LogP contribution in [0.4, 0.5) is 5.82 Å². The van der Waals surface area contributed by atoms with Crippen molar-refractivity contribution in [3.63, 3.8) is 0 Å². The van der Waals surface area contributed by atoms with Crippen molar-refractivity contribution in [3.05, 3.63) is 65.7 Å². The summed E-state index contributed by atoms with van der Waals surface area (Å²) >= 11 is 0. The first kappa shape index (κ1) is 17.2. The van der Waals surface area contributed by atoms with E-state index >= 15 is 0 Å². The van der Waals surface area contributed by atoms with Crippen LogP contribution in [0, 0.1) is 6.92 Å². The highest BCUT2D eigenvalue weighted by Gasteiger charge is 2.10. The second kappa shape index (κ2) is 6.93. The molecular weight excluding hydrogens is 366 g/mol. The maximum Gasteiger partial charge on any atom is 0.221 e. The first-order chi connectivity index (χ1) is 14.2. The smallest absolute Gasteiger partial charge is 0.221 e. The van der Waals surface area contributed by atoms with E-state index in [1.807, 2.05) is 44.4 Å². The van der Waals surface area contributed by atoms with Gasteiger partial charge in [0.05, 0.1) is 24.0 Å². The molecule has 1 aromatic carbocycles. The molecule has 144 valence electrons. The van der Waals surface area contributed by atoms with Crippen molar-refractivity contribution in [1.29, 1.82) is 0 Å². The molecule has 5 aromatic rings. The average Bonchev–Trinajstić information content (AvgIpc) is 3.28. The largest absolute Gasteiger partial charge is 0.365 e. The molecule has 5 rings (SSSR count). The van der Waals surface area contributed by atoms with Gasteiger partial charge in [0, 0.05) is 36.9 Å². The molecule has 4 aromatic heterocycles. The zero-order valence-corrected chi connectivity index (χ0v) is 16.1.